The Morgan fingerprint density at radius 2 is 1.57 bits per heavy atom. The Morgan fingerprint density at radius 1 is 0.900 bits per heavy atom. The second-order valence-corrected chi connectivity index (χ2v) is 8.23. The first kappa shape index (κ1) is 21.9. The molecule has 0 aliphatic heterocycles. The van der Waals surface area contributed by atoms with Crippen LogP contribution in [0.5, 0.6) is 5.75 Å². The lowest BCUT2D eigenvalue weighted by molar-refractivity contribution is -0.129. The molecule has 0 aliphatic rings. The molecule has 0 spiro atoms. The molecule has 1 aromatic heterocycles. The van der Waals surface area contributed by atoms with Crippen LogP contribution >= 0.6 is 11.3 Å². The molecule has 0 unspecified atom stereocenters. The van der Waals surface area contributed by atoms with Crippen LogP contribution in [0.2, 0.25) is 0 Å². The fourth-order valence-electron chi connectivity index (χ4n) is 3.05. The molecule has 4 nitrogen and oxygen atoms in total. The zero-order valence-electron chi connectivity index (χ0n) is 17.6. The number of unbranched alkanes of at least 4 members (excludes halogenated alkanes) is 3. The van der Waals surface area contributed by atoms with E-state index in [1.165, 1.54) is 18.9 Å². The third-order valence-corrected chi connectivity index (χ3v) is 5.73. The molecular weight excluding hydrogens is 392 g/mol. The van der Waals surface area contributed by atoms with Gasteiger partial charge >= 0.3 is 5.97 Å². The maximum Gasteiger partial charge on any atom is 0.335 e. The van der Waals surface area contributed by atoms with E-state index in [-0.39, 0.29) is 5.97 Å². The van der Waals surface area contributed by atoms with Gasteiger partial charge in [0, 0.05) is 18.1 Å². The predicted molar refractivity (Wildman–Crippen MR) is 124 cm³/mol. The van der Waals surface area contributed by atoms with Gasteiger partial charge < -0.3 is 4.74 Å². The molecule has 0 bridgehead atoms. The molecule has 0 aliphatic carbocycles. The Bertz CT molecular complexity index is 960. The first-order valence-electron chi connectivity index (χ1n) is 10.6. The van der Waals surface area contributed by atoms with Crippen LogP contribution in [-0.4, -0.2) is 16.2 Å². The van der Waals surface area contributed by atoms with Crippen LogP contribution < -0.4 is 4.74 Å². The van der Waals surface area contributed by atoms with Gasteiger partial charge in [0.25, 0.3) is 0 Å². The minimum Gasteiger partial charge on any atom is -0.423 e. The number of esters is 1. The zero-order chi connectivity index (χ0) is 21.2. The van der Waals surface area contributed by atoms with Gasteiger partial charge in [-0.3, -0.25) is 0 Å². The Hall–Kier alpha value is -2.79. The van der Waals surface area contributed by atoms with E-state index >= 15 is 0 Å². The topological polar surface area (TPSA) is 52.1 Å². The van der Waals surface area contributed by atoms with Crippen LogP contribution in [0.4, 0.5) is 0 Å². The average molecular weight is 421 g/mol. The Labute approximate surface area is 182 Å². The van der Waals surface area contributed by atoms with Crippen molar-refractivity contribution < 1.29 is 9.53 Å². The summed E-state index contributed by atoms with van der Waals surface area (Å²) in [4.78, 5) is 11.9. The molecule has 0 N–H and O–H groups in total. The Balaban J connectivity index is 1.58. The second kappa shape index (κ2) is 11.4. The van der Waals surface area contributed by atoms with Crippen LogP contribution in [0.3, 0.4) is 0 Å². The lowest BCUT2D eigenvalue weighted by Gasteiger charge is -2.05. The van der Waals surface area contributed by atoms with Crippen molar-refractivity contribution in [3.8, 4) is 27.4 Å². The number of allylic oxidation sites excluding steroid dienone is 1. The fraction of sp³-hybridized carbons (Fsp3) is 0.320. The SMILES string of the molecule is CCCCCC=CC(=O)Oc1ccc(-c2ccc(-c3nnc(CCC)s3)cc2)cc1. The molecule has 3 aromatic rings. The van der Waals surface area contributed by atoms with Gasteiger partial charge in [0.15, 0.2) is 0 Å². The number of benzene rings is 2. The Kier molecular flexibility index (Phi) is 8.33. The van der Waals surface area contributed by atoms with Crippen molar-refractivity contribution in [2.75, 3.05) is 0 Å². The summed E-state index contributed by atoms with van der Waals surface area (Å²) >= 11 is 1.65. The van der Waals surface area contributed by atoms with Gasteiger partial charge in [-0.05, 0) is 42.5 Å². The quantitative estimate of drug-likeness (QED) is 0.155. The molecule has 0 saturated heterocycles. The summed E-state index contributed by atoms with van der Waals surface area (Å²) in [5.74, 6) is 0.221. The van der Waals surface area contributed by atoms with Gasteiger partial charge in [-0.2, -0.15) is 0 Å². The van der Waals surface area contributed by atoms with Gasteiger partial charge in [0.2, 0.25) is 0 Å². The van der Waals surface area contributed by atoms with Crippen molar-refractivity contribution in [1.82, 2.24) is 10.2 Å². The standard InChI is InChI=1S/C25H28N2O2S/c1-3-5-6-7-8-10-24(28)29-22-17-15-20(16-18-22)19-11-13-21(14-12-19)25-27-26-23(30-25)9-4-2/h8,10-18H,3-7,9H2,1-2H3. The summed E-state index contributed by atoms with van der Waals surface area (Å²) in [6.07, 6.45) is 9.83. The van der Waals surface area contributed by atoms with Crippen LogP contribution in [0, 0.1) is 0 Å². The predicted octanol–water partition coefficient (Wildman–Crippen LogP) is 6.87. The molecule has 2 aromatic carbocycles. The summed E-state index contributed by atoms with van der Waals surface area (Å²) in [5.41, 5.74) is 3.25. The number of ether oxygens (including phenoxy) is 1. The molecule has 0 atom stereocenters. The van der Waals surface area contributed by atoms with Gasteiger partial charge in [-0.1, -0.05) is 80.5 Å². The van der Waals surface area contributed by atoms with E-state index in [9.17, 15) is 4.79 Å². The van der Waals surface area contributed by atoms with Crippen LogP contribution in [-0.2, 0) is 11.2 Å². The molecule has 1 heterocycles. The molecule has 3 rings (SSSR count). The number of hydrogen-bond acceptors (Lipinski definition) is 5. The van der Waals surface area contributed by atoms with E-state index in [4.69, 9.17) is 4.74 Å². The fourth-order valence-corrected chi connectivity index (χ4v) is 3.99. The van der Waals surface area contributed by atoms with Gasteiger partial charge in [-0.15, -0.1) is 10.2 Å². The summed E-state index contributed by atoms with van der Waals surface area (Å²) in [6.45, 7) is 4.31. The molecular formula is C25H28N2O2S. The van der Waals surface area contributed by atoms with Crippen molar-refractivity contribution >= 4 is 17.3 Å². The highest BCUT2D eigenvalue weighted by Crippen LogP contribution is 2.28. The number of carbonyl (C=O) groups is 1. The van der Waals surface area contributed by atoms with E-state index in [1.807, 2.05) is 30.3 Å². The minimum atomic E-state index is -0.330. The molecule has 0 saturated carbocycles. The van der Waals surface area contributed by atoms with E-state index in [2.05, 4.69) is 48.3 Å². The first-order valence-corrected chi connectivity index (χ1v) is 11.4. The Morgan fingerprint density at radius 3 is 2.23 bits per heavy atom. The second-order valence-electron chi connectivity index (χ2n) is 7.17. The lowest BCUT2D eigenvalue weighted by atomic mass is 10.0. The van der Waals surface area contributed by atoms with E-state index in [0.717, 1.165) is 52.4 Å². The van der Waals surface area contributed by atoms with E-state index < -0.39 is 0 Å². The summed E-state index contributed by atoms with van der Waals surface area (Å²) in [7, 11) is 0. The number of hydrogen-bond donors (Lipinski definition) is 0. The summed E-state index contributed by atoms with van der Waals surface area (Å²) in [5, 5.41) is 10.6. The highest BCUT2D eigenvalue weighted by molar-refractivity contribution is 7.14. The zero-order valence-corrected chi connectivity index (χ0v) is 18.5. The maximum absolute atomic E-state index is 11.9. The lowest BCUT2D eigenvalue weighted by Crippen LogP contribution is -2.03. The largest absolute Gasteiger partial charge is 0.423 e. The molecule has 156 valence electrons. The summed E-state index contributed by atoms with van der Waals surface area (Å²) in [6, 6.07) is 15.9. The number of aryl methyl sites for hydroxylation is 1. The number of nitrogens with zero attached hydrogens (tertiary/aromatic N) is 2. The smallest absolute Gasteiger partial charge is 0.335 e. The van der Waals surface area contributed by atoms with Gasteiger partial charge in [0.1, 0.15) is 15.8 Å². The first-order chi connectivity index (χ1) is 14.7. The van der Waals surface area contributed by atoms with Crippen LogP contribution in [0.25, 0.3) is 21.7 Å². The third-order valence-electron chi connectivity index (χ3n) is 4.70. The molecule has 0 fully saturated rings. The van der Waals surface area contributed by atoms with Gasteiger partial charge in [0.05, 0.1) is 0 Å². The maximum atomic E-state index is 11.9. The number of rotatable bonds is 10. The highest BCUT2D eigenvalue weighted by atomic mass is 32.1. The third kappa shape index (κ3) is 6.36. The van der Waals surface area contributed by atoms with Crippen LogP contribution in [0.15, 0.2) is 60.7 Å². The molecule has 5 heteroatoms. The minimum absolute atomic E-state index is 0.330. The van der Waals surface area contributed by atoms with Crippen LogP contribution in [0.1, 0.15) is 51.0 Å². The van der Waals surface area contributed by atoms with Crippen molar-refractivity contribution in [1.29, 1.82) is 0 Å². The van der Waals surface area contributed by atoms with E-state index in [1.54, 1.807) is 11.3 Å². The van der Waals surface area contributed by atoms with Gasteiger partial charge in [-0.25, -0.2) is 4.79 Å². The summed E-state index contributed by atoms with van der Waals surface area (Å²) < 4.78 is 5.37. The number of aromatic nitrogens is 2. The molecule has 0 amide bonds. The molecule has 0 radical (unpaired) electrons. The van der Waals surface area contributed by atoms with E-state index in [0.29, 0.717) is 5.75 Å². The normalized spacial score (nSPS) is 11.1. The van der Waals surface area contributed by atoms with Crippen molar-refractivity contribution in [3.63, 3.8) is 0 Å². The number of carbonyl (C=O) groups excluding carboxylic acids is 1. The average Bonchev–Trinajstić information content (AvgIpc) is 3.23. The monoisotopic (exact) mass is 420 g/mol. The highest BCUT2D eigenvalue weighted by Gasteiger charge is 2.07. The molecule has 30 heavy (non-hydrogen) atoms. The van der Waals surface area contributed by atoms with Crippen molar-refractivity contribution in [2.45, 2.75) is 52.4 Å². The van der Waals surface area contributed by atoms with Crippen molar-refractivity contribution in [2.24, 2.45) is 0 Å². The van der Waals surface area contributed by atoms with Crippen molar-refractivity contribution in [3.05, 3.63) is 65.7 Å².